The summed E-state index contributed by atoms with van der Waals surface area (Å²) in [6.45, 7) is 5.13. The Bertz CT molecular complexity index is 620. The molecule has 0 amide bonds. The minimum absolute atomic E-state index is 0.496. The van der Waals surface area contributed by atoms with E-state index < -0.39 is 0 Å². The molecule has 0 N–H and O–H groups in total. The molecule has 0 fully saturated rings. The Labute approximate surface area is 128 Å². The van der Waals surface area contributed by atoms with E-state index in [2.05, 4.69) is 48.0 Å². The summed E-state index contributed by atoms with van der Waals surface area (Å²) < 4.78 is 13.1. The second-order valence-corrected chi connectivity index (χ2v) is 6.29. The third kappa shape index (κ3) is 2.27. The number of aryl methyl sites for hydroxylation is 2. The van der Waals surface area contributed by atoms with E-state index in [0.29, 0.717) is 6.73 Å². The molecular weight excluding hydrogens is 376 g/mol. The SMILES string of the molecule is Cc1noc(C)c1N1COc2c(Br)cc(Br)cc2C1. The lowest BCUT2D eigenvalue weighted by Crippen LogP contribution is -2.32. The average Bonchev–Trinajstić information content (AvgIpc) is 2.68. The Morgan fingerprint density at radius 1 is 1.26 bits per heavy atom. The first-order chi connectivity index (χ1) is 9.06. The summed E-state index contributed by atoms with van der Waals surface area (Å²) in [5.41, 5.74) is 3.04. The zero-order valence-corrected chi connectivity index (χ0v) is 13.7. The number of fused-ring (bicyclic) bond motifs is 1. The van der Waals surface area contributed by atoms with Gasteiger partial charge in [-0.1, -0.05) is 21.1 Å². The number of rotatable bonds is 1. The van der Waals surface area contributed by atoms with Crippen LogP contribution in [0.15, 0.2) is 25.6 Å². The van der Waals surface area contributed by atoms with Gasteiger partial charge < -0.3 is 14.2 Å². The molecule has 0 unspecified atom stereocenters. The second kappa shape index (κ2) is 4.83. The van der Waals surface area contributed by atoms with Crippen LogP contribution >= 0.6 is 31.9 Å². The molecule has 1 aromatic carbocycles. The van der Waals surface area contributed by atoms with Crippen molar-refractivity contribution >= 4 is 37.5 Å². The fourth-order valence-electron chi connectivity index (χ4n) is 2.36. The number of ether oxygens (including phenoxy) is 1. The van der Waals surface area contributed by atoms with Crippen LogP contribution in [0.3, 0.4) is 0 Å². The molecule has 0 aliphatic carbocycles. The highest BCUT2D eigenvalue weighted by Crippen LogP contribution is 2.38. The van der Waals surface area contributed by atoms with Gasteiger partial charge in [0.25, 0.3) is 0 Å². The van der Waals surface area contributed by atoms with Gasteiger partial charge in [0.1, 0.15) is 17.1 Å². The highest BCUT2D eigenvalue weighted by molar-refractivity contribution is 9.11. The second-order valence-electron chi connectivity index (χ2n) is 4.52. The lowest BCUT2D eigenvalue weighted by atomic mass is 10.1. The van der Waals surface area contributed by atoms with Gasteiger partial charge in [0.15, 0.2) is 12.5 Å². The molecule has 1 aliphatic heterocycles. The number of aromatic nitrogens is 1. The van der Waals surface area contributed by atoms with Crippen molar-refractivity contribution in [3.63, 3.8) is 0 Å². The Hall–Kier alpha value is -1.01. The summed E-state index contributed by atoms with van der Waals surface area (Å²) in [6, 6.07) is 4.06. The van der Waals surface area contributed by atoms with Crippen LogP contribution < -0.4 is 9.64 Å². The largest absolute Gasteiger partial charge is 0.472 e. The molecule has 0 saturated heterocycles. The van der Waals surface area contributed by atoms with E-state index in [1.165, 1.54) is 0 Å². The number of nitrogens with zero attached hydrogens (tertiary/aromatic N) is 2. The Morgan fingerprint density at radius 3 is 2.74 bits per heavy atom. The monoisotopic (exact) mass is 386 g/mol. The standard InChI is InChI=1S/C13H12Br2N2O2/c1-7-12(8(2)19-16-7)17-5-9-3-10(14)4-11(15)13(9)18-6-17/h3-4H,5-6H2,1-2H3. The Kier molecular flexibility index (Phi) is 3.30. The van der Waals surface area contributed by atoms with Crippen LogP contribution in [-0.2, 0) is 6.54 Å². The molecule has 100 valence electrons. The van der Waals surface area contributed by atoms with Crippen molar-refractivity contribution in [2.24, 2.45) is 0 Å². The quantitative estimate of drug-likeness (QED) is 0.735. The molecule has 0 saturated carbocycles. The third-order valence-corrected chi connectivity index (χ3v) is 4.17. The fraction of sp³-hybridized carbons (Fsp3) is 0.308. The minimum atomic E-state index is 0.496. The van der Waals surface area contributed by atoms with Crippen LogP contribution in [0.2, 0.25) is 0 Å². The van der Waals surface area contributed by atoms with Crippen LogP contribution in [0, 0.1) is 13.8 Å². The highest BCUT2D eigenvalue weighted by Gasteiger charge is 2.24. The van der Waals surface area contributed by atoms with Crippen LogP contribution in [0.1, 0.15) is 17.0 Å². The van der Waals surface area contributed by atoms with Gasteiger partial charge in [-0.05, 0) is 41.9 Å². The maximum Gasteiger partial charge on any atom is 0.162 e. The normalized spacial score (nSPS) is 14.2. The molecule has 19 heavy (non-hydrogen) atoms. The van der Waals surface area contributed by atoms with Gasteiger partial charge in [0.05, 0.1) is 11.0 Å². The van der Waals surface area contributed by atoms with Crippen molar-refractivity contribution in [2.75, 3.05) is 11.6 Å². The summed E-state index contributed by atoms with van der Waals surface area (Å²) in [7, 11) is 0. The zero-order valence-electron chi connectivity index (χ0n) is 10.5. The molecule has 6 heteroatoms. The third-order valence-electron chi connectivity index (χ3n) is 3.12. The van der Waals surface area contributed by atoms with Crippen molar-refractivity contribution in [2.45, 2.75) is 20.4 Å². The number of hydrogen-bond acceptors (Lipinski definition) is 4. The van der Waals surface area contributed by atoms with Crippen molar-refractivity contribution in [3.8, 4) is 5.75 Å². The maximum absolute atomic E-state index is 5.84. The van der Waals surface area contributed by atoms with Crippen molar-refractivity contribution < 1.29 is 9.26 Å². The van der Waals surface area contributed by atoms with E-state index in [1.807, 2.05) is 19.9 Å². The van der Waals surface area contributed by atoms with Gasteiger partial charge in [-0.25, -0.2) is 0 Å². The fourth-order valence-corrected chi connectivity index (χ4v) is 3.79. The van der Waals surface area contributed by atoms with Gasteiger partial charge in [-0.15, -0.1) is 0 Å². The van der Waals surface area contributed by atoms with E-state index >= 15 is 0 Å². The Morgan fingerprint density at radius 2 is 2.05 bits per heavy atom. The average molecular weight is 388 g/mol. The maximum atomic E-state index is 5.84. The molecule has 2 heterocycles. The minimum Gasteiger partial charge on any atom is -0.472 e. The molecule has 3 rings (SSSR count). The number of hydrogen-bond donors (Lipinski definition) is 0. The highest BCUT2D eigenvalue weighted by atomic mass is 79.9. The van der Waals surface area contributed by atoms with Crippen molar-refractivity contribution in [1.29, 1.82) is 0 Å². The molecule has 1 aromatic heterocycles. The van der Waals surface area contributed by atoms with E-state index in [9.17, 15) is 0 Å². The van der Waals surface area contributed by atoms with Crippen molar-refractivity contribution in [3.05, 3.63) is 38.1 Å². The van der Waals surface area contributed by atoms with Crippen LogP contribution in [0.5, 0.6) is 5.75 Å². The number of benzene rings is 1. The first-order valence-electron chi connectivity index (χ1n) is 5.85. The van der Waals surface area contributed by atoms with Gasteiger partial charge in [0.2, 0.25) is 0 Å². The molecule has 2 aromatic rings. The van der Waals surface area contributed by atoms with E-state index in [1.54, 1.807) is 0 Å². The predicted molar refractivity (Wildman–Crippen MR) is 79.5 cm³/mol. The summed E-state index contributed by atoms with van der Waals surface area (Å²) in [6.07, 6.45) is 0. The predicted octanol–water partition coefficient (Wildman–Crippen LogP) is 4.17. The lowest BCUT2D eigenvalue weighted by molar-refractivity contribution is 0.286. The lowest BCUT2D eigenvalue weighted by Gasteiger charge is -2.31. The van der Waals surface area contributed by atoms with E-state index in [4.69, 9.17) is 9.26 Å². The topological polar surface area (TPSA) is 38.5 Å². The van der Waals surface area contributed by atoms with Crippen LogP contribution in [-0.4, -0.2) is 11.9 Å². The molecule has 4 nitrogen and oxygen atoms in total. The summed E-state index contributed by atoms with van der Waals surface area (Å²) in [4.78, 5) is 2.13. The first-order valence-corrected chi connectivity index (χ1v) is 7.43. The van der Waals surface area contributed by atoms with Crippen molar-refractivity contribution in [1.82, 2.24) is 5.16 Å². The molecular formula is C13H12Br2N2O2. The smallest absolute Gasteiger partial charge is 0.162 e. The molecule has 1 aliphatic rings. The number of anilines is 1. The molecule has 0 atom stereocenters. The van der Waals surface area contributed by atoms with E-state index in [0.717, 1.165) is 43.9 Å². The molecule has 0 radical (unpaired) electrons. The van der Waals surface area contributed by atoms with Gasteiger partial charge in [-0.3, -0.25) is 0 Å². The zero-order chi connectivity index (χ0) is 13.6. The van der Waals surface area contributed by atoms with Gasteiger partial charge in [-0.2, -0.15) is 0 Å². The van der Waals surface area contributed by atoms with Gasteiger partial charge in [0, 0.05) is 10.0 Å². The molecule has 0 spiro atoms. The van der Waals surface area contributed by atoms with Crippen LogP contribution in [0.25, 0.3) is 0 Å². The Balaban J connectivity index is 1.99. The number of halogens is 2. The summed E-state index contributed by atoms with van der Waals surface area (Å²) in [5, 5.41) is 3.99. The van der Waals surface area contributed by atoms with Crippen LogP contribution in [0.4, 0.5) is 5.69 Å². The summed E-state index contributed by atoms with van der Waals surface area (Å²) in [5.74, 6) is 1.73. The van der Waals surface area contributed by atoms with Gasteiger partial charge >= 0.3 is 0 Å². The van der Waals surface area contributed by atoms with E-state index in [-0.39, 0.29) is 0 Å². The molecule has 0 bridgehead atoms. The first kappa shape index (κ1) is 13.0. The summed E-state index contributed by atoms with van der Waals surface area (Å²) >= 11 is 7.03.